The van der Waals surface area contributed by atoms with Gasteiger partial charge in [-0.25, -0.2) is 9.18 Å². The van der Waals surface area contributed by atoms with Crippen LogP contribution in [0.5, 0.6) is 0 Å². The summed E-state index contributed by atoms with van der Waals surface area (Å²) in [5, 5.41) is 0. The van der Waals surface area contributed by atoms with Crippen molar-refractivity contribution in [3.05, 3.63) is 29.6 Å². The molecule has 1 saturated carbocycles. The number of nitrogen functional groups attached to an aromatic ring is 1. The van der Waals surface area contributed by atoms with Gasteiger partial charge in [0.25, 0.3) is 0 Å². The van der Waals surface area contributed by atoms with E-state index in [1.165, 1.54) is 24.6 Å². The van der Waals surface area contributed by atoms with E-state index in [0.717, 1.165) is 12.8 Å². The number of nitrogens with two attached hydrogens (primary N) is 1. The van der Waals surface area contributed by atoms with Gasteiger partial charge in [-0.05, 0) is 48.8 Å². The van der Waals surface area contributed by atoms with Gasteiger partial charge in [0.2, 0.25) is 0 Å². The van der Waals surface area contributed by atoms with E-state index in [9.17, 15) is 9.18 Å². The molecule has 0 heterocycles. The van der Waals surface area contributed by atoms with Crippen LogP contribution in [0, 0.1) is 23.6 Å². The number of ether oxygens (including phenoxy) is 1. The van der Waals surface area contributed by atoms with Gasteiger partial charge in [-0.2, -0.15) is 0 Å². The Morgan fingerprint density at radius 1 is 1.38 bits per heavy atom. The van der Waals surface area contributed by atoms with Crippen LogP contribution < -0.4 is 5.73 Å². The smallest absolute Gasteiger partial charge is 0.338 e. The van der Waals surface area contributed by atoms with E-state index >= 15 is 0 Å². The zero-order valence-corrected chi connectivity index (χ0v) is 12.9. The molecular formula is C17H24FNO2. The first-order valence-corrected chi connectivity index (χ1v) is 7.64. The molecule has 116 valence electrons. The summed E-state index contributed by atoms with van der Waals surface area (Å²) in [4.78, 5) is 12.3. The lowest BCUT2D eigenvalue weighted by atomic mass is 9.75. The minimum Gasteiger partial charge on any atom is -0.458 e. The second kappa shape index (κ2) is 6.46. The highest BCUT2D eigenvalue weighted by Gasteiger charge is 2.33. The first kappa shape index (κ1) is 15.8. The number of hydrogen-bond donors (Lipinski definition) is 1. The van der Waals surface area contributed by atoms with E-state index in [0.29, 0.717) is 23.3 Å². The van der Waals surface area contributed by atoms with Crippen molar-refractivity contribution in [1.82, 2.24) is 0 Å². The molecular weight excluding hydrogens is 269 g/mol. The summed E-state index contributed by atoms with van der Waals surface area (Å²) in [7, 11) is 0. The maximum atomic E-state index is 13.2. The maximum Gasteiger partial charge on any atom is 0.338 e. The molecule has 1 fully saturated rings. The van der Waals surface area contributed by atoms with Crippen LogP contribution in [-0.2, 0) is 4.74 Å². The van der Waals surface area contributed by atoms with Gasteiger partial charge in [0, 0.05) is 0 Å². The molecule has 1 aromatic carbocycles. The fourth-order valence-electron chi connectivity index (χ4n) is 3.13. The van der Waals surface area contributed by atoms with Gasteiger partial charge in [-0.1, -0.05) is 27.2 Å². The van der Waals surface area contributed by atoms with Crippen molar-refractivity contribution < 1.29 is 13.9 Å². The monoisotopic (exact) mass is 293 g/mol. The third-order valence-electron chi connectivity index (χ3n) is 4.45. The van der Waals surface area contributed by atoms with Crippen LogP contribution >= 0.6 is 0 Å². The normalized spacial score (nSPS) is 25.9. The molecule has 0 radical (unpaired) electrons. The average molecular weight is 293 g/mol. The largest absolute Gasteiger partial charge is 0.458 e. The molecule has 0 aromatic heterocycles. The molecule has 3 unspecified atom stereocenters. The van der Waals surface area contributed by atoms with Crippen molar-refractivity contribution in [1.29, 1.82) is 0 Å². The van der Waals surface area contributed by atoms with Crippen LogP contribution in [0.15, 0.2) is 18.2 Å². The van der Waals surface area contributed by atoms with Gasteiger partial charge in [-0.15, -0.1) is 0 Å². The van der Waals surface area contributed by atoms with Gasteiger partial charge >= 0.3 is 5.97 Å². The number of hydrogen-bond acceptors (Lipinski definition) is 3. The maximum absolute atomic E-state index is 13.2. The fourth-order valence-corrected chi connectivity index (χ4v) is 3.13. The highest BCUT2D eigenvalue weighted by molar-refractivity contribution is 5.90. The Balaban J connectivity index is 2.10. The Morgan fingerprint density at radius 3 is 2.71 bits per heavy atom. The molecule has 0 saturated heterocycles. The van der Waals surface area contributed by atoms with E-state index in [-0.39, 0.29) is 11.8 Å². The van der Waals surface area contributed by atoms with Crippen molar-refractivity contribution in [3.63, 3.8) is 0 Å². The number of halogens is 1. The zero-order chi connectivity index (χ0) is 15.6. The Bertz CT molecular complexity index is 516. The predicted octanol–water partition coefficient (Wildman–Crippen LogP) is 4.03. The molecule has 21 heavy (non-hydrogen) atoms. The molecule has 0 spiro atoms. The Hall–Kier alpha value is -1.58. The molecule has 1 aliphatic rings. The van der Waals surface area contributed by atoms with Crippen LogP contribution in [0.25, 0.3) is 0 Å². The summed E-state index contributed by atoms with van der Waals surface area (Å²) >= 11 is 0. The molecule has 2 rings (SSSR count). The Kier molecular flexibility index (Phi) is 4.86. The SMILES string of the molecule is CC1CCC(C(C)C)C(OC(=O)c2ccc(F)c(N)c2)C1. The number of rotatable bonds is 3. The fraction of sp³-hybridized carbons (Fsp3) is 0.588. The summed E-state index contributed by atoms with van der Waals surface area (Å²) in [5.41, 5.74) is 5.79. The van der Waals surface area contributed by atoms with Crippen molar-refractivity contribution >= 4 is 11.7 Å². The highest BCUT2D eigenvalue weighted by Crippen LogP contribution is 2.35. The lowest BCUT2D eigenvalue weighted by Crippen LogP contribution is -2.35. The van der Waals surface area contributed by atoms with Crippen molar-refractivity contribution in [2.24, 2.45) is 17.8 Å². The van der Waals surface area contributed by atoms with Gasteiger partial charge in [-0.3, -0.25) is 0 Å². The minimum absolute atomic E-state index is 0.0260. The van der Waals surface area contributed by atoms with Crippen molar-refractivity contribution in [2.45, 2.75) is 46.1 Å². The van der Waals surface area contributed by atoms with Crippen molar-refractivity contribution in [3.8, 4) is 0 Å². The first-order chi connectivity index (χ1) is 9.88. The van der Waals surface area contributed by atoms with Crippen LogP contribution in [0.4, 0.5) is 10.1 Å². The van der Waals surface area contributed by atoms with Crippen LogP contribution in [-0.4, -0.2) is 12.1 Å². The Labute approximate surface area is 125 Å². The van der Waals surface area contributed by atoms with E-state index in [2.05, 4.69) is 20.8 Å². The molecule has 0 aliphatic heterocycles. The van der Waals surface area contributed by atoms with Gasteiger partial charge < -0.3 is 10.5 Å². The van der Waals surface area contributed by atoms with Crippen LogP contribution in [0.2, 0.25) is 0 Å². The van der Waals surface area contributed by atoms with Gasteiger partial charge in [0.15, 0.2) is 0 Å². The first-order valence-electron chi connectivity index (χ1n) is 7.64. The van der Waals surface area contributed by atoms with Crippen LogP contribution in [0.3, 0.4) is 0 Å². The summed E-state index contributed by atoms with van der Waals surface area (Å²) in [6.45, 7) is 6.52. The number of carbonyl (C=O) groups excluding carboxylic acids is 1. The van der Waals surface area contributed by atoms with Crippen LogP contribution in [0.1, 0.15) is 50.4 Å². The molecule has 1 aromatic rings. The standard InChI is InChI=1S/C17H24FNO2/c1-10(2)13-6-4-11(3)8-16(13)21-17(20)12-5-7-14(18)15(19)9-12/h5,7,9-11,13,16H,4,6,8,19H2,1-3H3. The summed E-state index contributed by atoms with van der Waals surface area (Å²) < 4.78 is 18.9. The summed E-state index contributed by atoms with van der Waals surface area (Å²) in [6, 6.07) is 3.97. The number of anilines is 1. The number of esters is 1. The summed E-state index contributed by atoms with van der Waals surface area (Å²) in [6.07, 6.45) is 3.10. The lowest BCUT2D eigenvalue weighted by Gasteiger charge is -2.36. The van der Waals surface area contributed by atoms with E-state index in [1.807, 2.05) is 0 Å². The highest BCUT2D eigenvalue weighted by atomic mass is 19.1. The molecule has 2 N–H and O–H groups in total. The molecule has 3 atom stereocenters. The van der Waals surface area contributed by atoms with E-state index in [1.54, 1.807) is 0 Å². The number of carbonyl (C=O) groups is 1. The minimum atomic E-state index is -0.516. The Morgan fingerprint density at radius 2 is 2.10 bits per heavy atom. The molecule has 4 heteroatoms. The van der Waals surface area contributed by atoms with Gasteiger partial charge in [0.05, 0.1) is 11.3 Å². The van der Waals surface area contributed by atoms with Crippen molar-refractivity contribution in [2.75, 3.05) is 5.73 Å². The third-order valence-corrected chi connectivity index (χ3v) is 4.45. The molecule has 0 amide bonds. The quantitative estimate of drug-likeness (QED) is 0.676. The van der Waals surface area contributed by atoms with E-state index < -0.39 is 11.8 Å². The van der Waals surface area contributed by atoms with Gasteiger partial charge in [0.1, 0.15) is 11.9 Å². The molecule has 0 bridgehead atoms. The zero-order valence-electron chi connectivity index (χ0n) is 12.9. The predicted molar refractivity (Wildman–Crippen MR) is 81.4 cm³/mol. The topological polar surface area (TPSA) is 52.3 Å². The average Bonchev–Trinajstić information content (AvgIpc) is 2.41. The van der Waals surface area contributed by atoms with E-state index in [4.69, 9.17) is 10.5 Å². The third kappa shape index (κ3) is 3.74. The molecule has 1 aliphatic carbocycles. The second-order valence-electron chi connectivity index (χ2n) is 6.51. The molecule has 3 nitrogen and oxygen atoms in total. The second-order valence-corrected chi connectivity index (χ2v) is 6.51. The lowest BCUT2D eigenvalue weighted by molar-refractivity contribution is -0.0174. The summed E-state index contributed by atoms with van der Waals surface area (Å²) in [5.74, 6) is 0.511. The number of benzene rings is 1.